The molecule has 1 aliphatic rings. The summed E-state index contributed by atoms with van der Waals surface area (Å²) in [6, 6.07) is 7.44. The number of nitrogens with zero attached hydrogens (tertiary/aromatic N) is 1. The van der Waals surface area contributed by atoms with Crippen LogP contribution in [0.1, 0.15) is 43.7 Å². The summed E-state index contributed by atoms with van der Waals surface area (Å²) in [5.41, 5.74) is 1.87. The number of carbonyl (C=O) groups excluding carboxylic acids is 4. The molecule has 0 atom stereocenters. The van der Waals surface area contributed by atoms with E-state index in [-0.39, 0.29) is 25.0 Å². The molecule has 1 fully saturated rings. The monoisotopic (exact) mass is 317 g/mol. The number of amides is 2. The minimum Gasteiger partial charge on any atom is -0.330 e. The van der Waals surface area contributed by atoms with E-state index in [9.17, 15) is 19.2 Å². The molecule has 0 aromatic heterocycles. The van der Waals surface area contributed by atoms with Gasteiger partial charge in [-0.1, -0.05) is 31.2 Å². The third kappa shape index (κ3) is 4.74. The lowest BCUT2D eigenvalue weighted by Crippen LogP contribution is -2.32. The number of aryl methyl sites for hydroxylation is 1. The van der Waals surface area contributed by atoms with Crippen molar-refractivity contribution < 1.29 is 24.0 Å². The van der Waals surface area contributed by atoms with Crippen molar-refractivity contribution in [1.82, 2.24) is 5.06 Å². The fourth-order valence-corrected chi connectivity index (χ4v) is 2.23. The third-order valence-electron chi connectivity index (χ3n) is 3.64. The molecule has 2 rings (SSSR count). The van der Waals surface area contributed by atoms with E-state index in [1.807, 2.05) is 31.2 Å². The number of hydroxylamine groups is 2. The number of hydrogen-bond donors (Lipinski definition) is 0. The fraction of sp³-hybridized carbons (Fsp3) is 0.412. The molecule has 6 heteroatoms. The maximum absolute atomic E-state index is 11.7. The Hall–Kier alpha value is -2.50. The molecule has 0 N–H and O–H groups in total. The highest BCUT2D eigenvalue weighted by Crippen LogP contribution is 2.14. The van der Waals surface area contributed by atoms with Crippen molar-refractivity contribution >= 4 is 23.6 Å². The lowest BCUT2D eigenvalue weighted by atomic mass is 10.0. The number of carbonyl (C=O) groups is 4. The highest BCUT2D eigenvalue weighted by Gasteiger charge is 2.32. The van der Waals surface area contributed by atoms with Crippen LogP contribution < -0.4 is 0 Å². The van der Waals surface area contributed by atoms with Crippen LogP contribution >= 0.6 is 0 Å². The summed E-state index contributed by atoms with van der Waals surface area (Å²) >= 11 is 0. The van der Waals surface area contributed by atoms with E-state index in [4.69, 9.17) is 4.84 Å². The molecule has 0 radical (unpaired) electrons. The molecular formula is C17H19NO5. The van der Waals surface area contributed by atoms with Crippen molar-refractivity contribution in [1.29, 1.82) is 0 Å². The predicted octanol–water partition coefficient (Wildman–Crippen LogP) is 1.75. The van der Waals surface area contributed by atoms with Crippen molar-refractivity contribution in [2.24, 2.45) is 0 Å². The molecule has 0 saturated carbocycles. The summed E-state index contributed by atoms with van der Waals surface area (Å²) in [6.45, 7) is 1.83. The van der Waals surface area contributed by atoms with Crippen LogP contribution in [0.3, 0.4) is 0 Å². The van der Waals surface area contributed by atoms with Crippen LogP contribution in [0, 0.1) is 0 Å². The highest BCUT2D eigenvalue weighted by atomic mass is 16.7. The third-order valence-corrected chi connectivity index (χ3v) is 3.64. The largest absolute Gasteiger partial charge is 0.333 e. The molecule has 1 heterocycles. The molecule has 23 heavy (non-hydrogen) atoms. The molecular weight excluding hydrogens is 298 g/mol. The quantitative estimate of drug-likeness (QED) is 0.716. The summed E-state index contributed by atoms with van der Waals surface area (Å²) in [7, 11) is 0. The van der Waals surface area contributed by atoms with E-state index in [1.165, 1.54) is 0 Å². The van der Waals surface area contributed by atoms with Gasteiger partial charge in [-0.2, -0.15) is 0 Å². The topological polar surface area (TPSA) is 80.8 Å². The molecule has 122 valence electrons. The predicted molar refractivity (Wildman–Crippen MR) is 80.9 cm³/mol. The Morgan fingerprint density at radius 1 is 1.04 bits per heavy atom. The number of ketones is 1. The van der Waals surface area contributed by atoms with Crippen LogP contribution in [0.4, 0.5) is 0 Å². The Morgan fingerprint density at radius 2 is 1.61 bits per heavy atom. The Kier molecular flexibility index (Phi) is 5.62. The van der Waals surface area contributed by atoms with Gasteiger partial charge in [-0.05, 0) is 17.5 Å². The van der Waals surface area contributed by atoms with Gasteiger partial charge < -0.3 is 4.84 Å². The molecule has 0 bridgehead atoms. The van der Waals surface area contributed by atoms with E-state index in [0.717, 1.165) is 11.1 Å². The van der Waals surface area contributed by atoms with Crippen molar-refractivity contribution in [3.8, 4) is 0 Å². The normalized spacial score (nSPS) is 14.2. The average molecular weight is 317 g/mol. The molecule has 1 aromatic rings. The van der Waals surface area contributed by atoms with Gasteiger partial charge >= 0.3 is 5.97 Å². The van der Waals surface area contributed by atoms with Gasteiger partial charge in [0.15, 0.2) is 0 Å². The Morgan fingerprint density at radius 3 is 2.17 bits per heavy atom. The first-order chi connectivity index (χ1) is 11.0. The van der Waals surface area contributed by atoms with Gasteiger partial charge in [0.2, 0.25) is 0 Å². The highest BCUT2D eigenvalue weighted by molar-refractivity contribution is 6.01. The molecule has 1 aromatic carbocycles. The standard InChI is InChI=1S/C17H19NO5/c1-2-14(19)11-13-5-3-12(4-6-13)7-10-17(22)23-18-15(20)8-9-16(18)21/h3-6H,2,7-11H2,1H3. The molecule has 0 spiro atoms. The summed E-state index contributed by atoms with van der Waals surface area (Å²) < 4.78 is 0. The molecule has 0 aliphatic carbocycles. The van der Waals surface area contributed by atoms with E-state index < -0.39 is 17.8 Å². The SMILES string of the molecule is CCC(=O)Cc1ccc(CCC(=O)ON2C(=O)CCC2=O)cc1. The Bertz CT molecular complexity index is 604. The first-order valence-electron chi connectivity index (χ1n) is 7.65. The van der Waals surface area contributed by atoms with E-state index in [2.05, 4.69) is 0 Å². The van der Waals surface area contributed by atoms with Crippen molar-refractivity contribution in [2.75, 3.05) is 0 Å². The van der Waals surface area contributed by atoms with E-state index in [1.54, 1.807) is 0 Å². The molecule has 1 saturated heterocycles. The number of rotatable bonds is 7. The van der Waals surface area contributed by atoms with Crippen LogP contribution in [-0.2, 0) is 36.9 Å². The van der Waals surface area contributed by atoms with Gasteiger partial charge in [-0.15, -0.1) is 5.06 Å². The van der Waals surface area contributed by atoms with Gasteiger partial charge in [-0.3, -0.25) is 14.4 Å². The second kappa shape index (κ2) is 7.67. The van der Waals surface area contributed by atoms with Crippen LogP contribution in [0.15, 0.2) is 24.3 Å². The van der Waals surface area contributed by atoms with Gasteiger partial charge in [0.1, 0.15) is 5.78 Å². The van der Waals surface area contributed by atoms with Crippen LogP contribution in [0.25, 0.3) is 0 Å². The lowest BCUT2D eigenvalue weighted by molar-refractivity contribution is -0.197. The summed E-state index contributed by atoms with van der Waals surface area (Å²) in [5, 5.41) is 0.557. The average Bonchev–Trinajstić information content (AvgIpc) is 2.86. The van der Waals surface area contributed by atoms with Gasteiger partial charge in [-0.25, -0.2) is 4.79 Å². The first-order valence-corrected chi connectivity index (χ1v) is 7.65. The minimum absolute atomic E-state index is 0.0737. The fourth-order valence-electron chi connectivity index (χ4n) is 2.23. The second-order valence-corrected chi connectivity index (χ2v) is 5.43. The first kappa shape index (κ1) is 16.9. The van der Waals surface area contributed by atoms with Gasteiger partial charge in [0.25, 0.3) is 11.8 Å². The Labute approximate surface area is 134 Å². The zero-order valence-corrected chi connectivity index (χ0v) is 13.0. The number of benzene rings is 1. The van der Waals surface area contributed by atoms with Crippen LogP contribution in [0.5, 0.6) is 0 Å². The van der Waals surface area contributed by atoms with Gasteiger partial charge in [0.05, 0.1) is 6.42 Å². The maximum Gasteiger partial charge on any atom is 0.333 e. The zero-order chi connectivity index (χ0) is 16.8. The summed E-state index contributed by atoms with van der Waals surface area (Å²) in [6.07, 6.45) is 1.62. The summed E-state index contributed by atoms with van der Waals surface area (Å²) in [5.74, 6) is -1.39. The molecule has 0 unspecified atom stereocenters. The van der Waals surface area contributed by atoms with Gasteiger partial charge in [0, 0.05) is 25.7 Å². The van der Waals surface area contributed by atoms with Crippen molar-refractivity contribution in [2.45, 2.75) is 45.4 Å². The molecule has 2 amide bonds. The second-order valence-electron chi connectivity index (χ2n) is 5.43. The Balaban J connectivity index is 1.81. The number of hydrogen-bond acceptors (Lipinski definition) is 5. The molecule has 1 aliphatic heterocycles. The van der Waals surface area contributed by atoms with Crippen molar-refractivity contribution in [3.63, 3.8) is 0 Å². The zero-order valence-electron chi connectivity index (χ0n) is 13.0. The number of Topliss-reactive ketones (excluding diaryl/α,β-unsaturated/α-hetero) is 1. The lowest BCUT2D eigenvalue weighted by Gasteiger charge is -2.12. The van der Waals surface area contributed by atoms with E-state index in [0.29, 0.717) is 24.3 Å². The smallest absolute Gasteiger partial charge is 0.330 e. The molecule has 6 nitrogen and oxygen atoms in total. The van der Waals surface area contributed by atoms with Crippen LogP contribution in [-0.4, -0.2) is 28.6 Å². The van der Waals surface area contributed by atoms with Crippen LogP contribution in [0.2, 0.25) is 0 Å². The summed E-state index contributed by atoms with van der Waals surface area (Å²) in [4.78, 5) is 50.6. The minimum atomic E-state index is -0.612. The van der Waals surface area contributed by atoms with Crippen molar-refractivity contribution in [3.05, 3.63) is 35.4 Å². The maximum atomic E-state index is 11.7. The number of imide groups is 1. The van der Waals surface area contributed by atoms with E-state index >= 15 is 0 Å².